The molecule has 3 aromatic carbocycles. The third kappa shape index (κ3) is 12.7. The number of amides is 3. The van der Waals surface area contributed by atoms with E-state index in [1.54, 1.807) is 44.6 Å². The van der Waals surface area contributed by atoms with Crippen molar-refractivity contribution in [1.29, 1.82) is 0 Å². The number of anilines is 1. The van der Waals surface area contributed by atoms with Gasteiger partial charge in [-0.25, -0.2) is 5.43 Å². The number of esters is 1. The van der Waals surface area contributed by atoms with Crippen LogP contribution >= 0.6 is 0 Å². The number of nitrogens with one attached hydrogen (secondary N) is 2. The van der Waals surface area contributed by atoms with Crippen LogP contribution in [0.15, 0.2) is 72.9 Å². The molecule has 18 heteroatoms. The fourth-order valence-electron chi connectivity index (χ4n) is 11.9. The number of nitrogens with two attached hydrogens (primary N) is 1. The van der Waals surface area contributed by atoms with Crippen molar-refractivity contribution < 1.29 is 48.3 Å². The third-order valence-electron chi connectivity index (χ3n) is 16.1. The van der Waals surface area contributed by atoms with Crippen molar-refractivity contribution >= 4 is 40.3 Å². The Kier molecular flexibility index (Phi) is 18.0. The van der Waals surface area contributed by atoms with Crippen molar-refractivity contribution in [2.75, 3.05) is 72.5 Å². The van der Waals surface area contributed by atoms with E-state index in [0.717, 1.165) is 56.7 Å². The quantitative estimate of drug-likeness (QED) is 0.0539. The highest BCUT2D eigenvalue weighted by molar-refractivity contribution is 5.96. The van der Waals surface area contributed by atoms with Gasteiger partial charge in [0.1, 0.15) is 30.0 Å². The van der Waals surface area contributed by atoms with Crippen LogP contribution in [0, 0.1) is 23.2 Å². The number of rotatable bonds is 12. The van der Waals surface area contributed by atoms with Gasteiger partial charge >= 0.3 is 5.97 Å². The van der Waals surface area contributed by atoms with Crippen LogP contribution in [-0.4, -0.2) is 155 Å². The molecule has 18 nitrogen and oxygen atoms in total. The number of pyridine rings is 1. The molecular formula is C62H78N8O10. The molecule has 6 bridgehead atoms. The van der Waals surface area contributed by atoms with E-state index in [4.69, 9.17) is 29.7 Å². The Hall–Kier alpha value is -6.85. The standard InChI is InChI=1S/C62H78N8O10/c1-9-69-53-19-16-42-31-48(53)50(56(69)49-28-39(33-64-54(49)38(4)77-8)12-10-21-68-23-25-78-46(34-68)35-71)32-62(5,6)36-80-61(76)51-13-11-22-70(66-51)59(74)52(29-40-26-43(42)30-45(72)27-40)65-58(73)55(37(2)3)67(7)60(75)57-47(20-24-79-57)41-14-17-44(63)18-15-41/h14-19,26-28,30-31,33,37-38,46-47,51-52,55,57,66,71-72H,9,11,13,20-25,29,32,34-36,63H2,1-8H3,(H,65,73). The molecular weight excluding hydrogens is 1020 g/mol. The van der Waals surface area contributed by atoms with Gasteiger partial charge in [-0.2, -0.15) is 0 Å². The number of nitrogens with zero attached hydrogens (tertiary/aromatic N) is 5. The number of morpholine rings is 1. The number of methoxy groups -OCH3 is 1. The Labute approximate surface area is 469 Å². The number of hydrogen-bond donors (Lipinski definition) is 5. The number of benzene rings is 3. The Morgan fingerprint density at radius 2 is 1.80 bits per heavy atom. The molecule has 3 saturated heterocycles. The number of carbonyl (C=O) groups is 4. The number of aryl methyl sites for hydroxylation is 1. The highest BCUT2D eigenvalue weighted by Gasteiger charge is 2.42. The van der Waals surface area contributed by atoms with Gasteiger partial charge in [0.25, 0.3) is 11.8 Å². The van der Waals surface area contributed by atoms with Crippen LogP contribution in [0.25, 0.3) is 33.3 Å². The number of fused-ring (bicyclic) bond motifs is 6. The summed E-state index contributed by atoms with van der Waals surface area (Å²) in [7, 11) is 3.26. The molecule has 80 heavy (non-hydrogen) atoms. The predicted molar refractivity (Wildman–Crippen MR) is 305 cm³/mol. The first-order valence-corrected chi connectivity index (χ1v) is 28.1. The van der Waals surface area contributed by atoms with Gasteiger partial charge in [0.2, 0.25) is 5.91 Å². The van der Waals surface area contributed by atoms with Crippen molar-refractivity contribution in [1.82, 2.24) is 35.1 Å². The molecule has 426 valence electrons. The lowest BCUT2D eigenvalue weighted by atomic mass is 9.84. The summed E-state index contributed by atoms with van der Waals surface area (Å²) >= 11 is 0. The van der Waals surface area contributed by atoms with E-state index in [1.807, 2.05) is 45.0 Å². The normalized spacial score (nSPS) is 22.5. The average Bonchev–Trinajstić information content (AvgIpc) is 4.07. The van der Waals surface area contributed by atoms with Crippen LogP contribution in [0.1, 0.15) is 101 Å². The van der Waals surface area contributed by atoms with Gasteiger partial charge in [-0.3, -0.25) is 34.1 Å². The second-order valence-corrected chi connectivity index (χ2v) is 23.0. The minimum Gasteiger partial charge on any atom is -0.508 e. The van der Waals surface area contributed by atoms with Gasteiger partial charge < -0.3 is 49.7 Å². The van der Waals surface area contributed by atoms with E-state index in [1.165, 1.54) is 9.91 Å². The number of aliphatic hydroxyl groups excluding tert-OH is 1. The van der Waals surface area contributed by atoms with Gasteiger partial charge in [-0.1, -0.05) is 63.8 Å². The zero-order chi connectivity index (χ0) is 57.0. The number of aliphatic hydroxyl groups is 1. The van der Waals surface area contributed by atoms with Crippen LogP contribution in [0.2, 0.25) is 0 Å². The number of hydrazine groups is 1. The molecule has 9 rings (SSSR count). The van der Waals surface area contributed by atoms with Gasteiger partial charge in [-0.15, -0.1) is 0 Å². The van der Waals surface area contributed by atoms with Crippen LogP contribution in [0.5, 0.6) is 5.75 Å². The molecule has 3 fully saturated rings. The van der Waals surface area contributed by atoms with Crippen molar-refractivity contribution in [2.24, 2.45) is 11.3 Å². The smallest absolute Gasteiger partial charge is 0.324 e. The molecule has 2 aromatic heterocycles. The zero-order valence-electron chi connectivity index (χ0n) is 47.4. The topological polar surface area (TPSA) is 223 Å². The molecule has 3 amide bonds. The monoisotopic (exact) mass is 1090 g/mol. The summed E-state index contributed by atoms with van der Waals surface area (Å²) in [6.45, 7) is 15.5. The van der Waals surface area contributed by atoms with Gasteiger partial charge in [0, 0.05) is 98.6 Å². The van der Waals surface area contributed by atoms with Crippen LogP contribution < -0.4 is 16.5 Å². The highest BCUT2D eigenvalue weighted by atomic mass is 16.5. The maximum absolute atomic E-state index is 15.0. The number of hydrogen-bond acceptors (Lipinski definition) is 14. The summed E-state index contributed by atoms with van der Waals surface area (Å²) in [6, 6.07) is 17.9. The summed E-state index contributed by atoms with van der Waals surface area (Å²) < 4.78 is 26.2. The first-order chi connectivity index (χ1) is 38.4. The SMILES string of the molecule is CCn1c(-c2cc(C#CCN3CCOC(CO)C3)cnc2C(C)OC)c2c3cc(ccc31)-c1cc(O)cc(c1)CC(NC(=O)C(C(C)C)N(C)C(=O)C1OCCC1c1ccc(N)cc1)C(=O)N1CCCC(N1)C(=O)OCC(C)(C)C2. The number of likely N-dealkylation sites (N-methyl/N-ethyl adjacent to an activating group) is 1. The molecule has 4 aliphatic rings. The van der Waals surface area contributed by atoms with Crippen LogP contribution in [-0.2, 0) is 57.5 Å². The van der Waals surface area contributed by atoms with E-state index in [-0.39, 0.29) is 61.9 Å². The Morgan fingerprint density at radius 1 is 1.01 bits per heavy atom. The van der Waals surface area contributed by atoms with Gasteiger partial charge in [0.05, 0.1) is 50.0 Å². The average molecular weight is 1100 g/mol. The summed E-state index contributed by atoms with van der Waals surface area (Å²) in [5.74, 6) is 4.17. The number of carbonyl (C=O) groups excluding carboxylic acids is 4. The van der Waals surface area contributed by atoms with E-state index in [9.17, 15) is 29.4 Å². The van der Waals surface area contributed by atoms with Crippen LogP contribution in [0.4, 0.5) is 5.69 Å². The fraction of sp³-hybridized carbons (Fsp3) is 0.500. The van der Waals surface area contributed by atoms with E-state index >= 15 is 0 Å². The molecule has 6 heterocycles. The molecule has 6 N–H and O–H groups in total. The van der Waals surface area contributed by atoms with Crippen molar-refractivity contribution in [3.8, 4) is 40.0 Å². The molecule has 5 aromatic rings. The minimum atomic E-state index is -1.20. The molecule has 0 radical (unpaired) electrons. The number of aromatic nitrogens is 2. The number of nitrogen functional groups attached to an aromatic ring is 1. The Balaban J connectivity index is 1.10. The summed E-state index contributed by atoms with van der Waals surface area (Å²) in [5, 5.41) is 26.7. The molecule has 0 aliphatic carbocycles. The van der Waals surface area contributed by atoms with Crippen LogP contribution in [0.3, 0.4) is 0 Å². The minimum absolute atomic E-state index is 0.0294. The largest absolute Gasteiger partial charge is 0.508 e. The first-order valence-electron chi connectivity index (χ1n) is 28.1. The number of ether oxygens (including phenoxy) is 4. The molecule has 0 spiro atoms. The van der Waals surface area contributed by atoms with Crippen molar-refractivity contribution in [3.05, 3.63) is 101 Å². The molecule has 0 saturated carbocycles. The lowest BCUT2D eigenvalue weighted by Gasteiger charge is -2.37. The maximum Gasteiger partial charge on any atom is 0.324 e. The maximum atomic E-state index is 15.0. The van der Waals surface area contributed by atoms with E-state index in [2.05, 4.69) is 71.0 Å². The second kappa shape index (κ2) is 24.9. The number of aromatic hydroxyl groups is 1. The molecule has 7 atom stereocenters. The third-order valence-corrected chi connectivity index (χ3v) is 16.1. The van der Waals surface area contributed by atoms with Gasteiger partial charge in [0.15, 0.2) is 0 Å². The zero-order valence-corrected chi connectivity index (χ0v) is 47.4. The first kappa shape index (κ1) is 57.8. The predicted octanol–water partition coefficient (Wildman–Crippen LogP) is 6.13. The number of phenolic OH excluding ortho intramolecular Hbond substituents is 1. The second-order valence-electron chi connectivity index (χ2n) is 23.0. The van der Waals surface area contributed by atoms with E-state index < -0.39 is 47.4 Å². The van der Waals surface area contributed by atoms with Gasteiger partial charge in [-0.05, 0) is 116 Å². The highest BCUT2D eigenvalue weighted by Crippen LogP contribution is 2.43. The summed E-state index contributed by atoms with van der Waals surface area (Å²) in [4.78, 5) is 67.0. The Bertz CT molecular complexity index is 3150. The Morgan fingerprint density at radius 3 is 2.54 bits per heavy atom. The summed E-state index contributed by atoms with van der Waals surface area (Å²) in [5.41, 5.74) is 17.3. The number of phenols is 1. The number of cyclic esters (lactones) is 1. The lowest BCUT2D eigenvalue weighted by Crippen LogP contribution is -2.62. The lowest BCUT2D eigenvalue weighted by molar-refractivity contribution is -0.155. The molecule has 4 aliphatic heterocycles. The molecule has 7 unspecified atom stereocenters. The van der Waals surface area contributed by atoms with E-state index in [0.29, 0.717) is 75.3 Å². The van der Waals surface area contributed by atoms with Crippen molar-refractivity contribution in [2.45, 2.75) is 123 Å². The summed E-state index contributed by atoms with van der Waals surface area (Å²) in [6.07, 6.45) is 2.29. The van der Waals surface area contributed by atoms with Crippen molar-refractivity contribution in [3.63, 3.8) is 0 Å². The fourth-order valence-corrected chi connectivity index (χ4v) is 11.9.